The van der Waals surface area contributed by atoms with Gasteiger partial charge < -0.3 is 20.1 Å². The maximum Gasteiger partial charge on any atom is 0.304 e. The molecule has 1 saturated carbocycles. The smallest absolute Gasteiger partial charge is 0.304 e. The topological polar surface area (TPSA) is 83.4 Å². The molecule has 4 heterocycles. The van der Waals surface area contributed by atoms with E-state index in [1.807, 2.05) is 19.2 Å². The Morgan fingerprint density at radius 3 is 2.61 bits per heavy atom. The van der Waals surface area contributed by atoms with Crippen molar-refractivity contribution >= 4 is 22.4 Å². The average Bonchev–Trinajstić information content (AvgIpc) is 3.58. The van der Waals surface area contributed by atoms with E-state index in [0.717, 1.165) is 30.0 Å². The van der Waals surface area contributed by atoms with Gasteiger partial charge in [-0.25, -0.2) is 4.39 Å². The normalized spacial score (nSPS) is 23.7. The number of pyridine rings is 1. The van der Waals surface area contributed by atoms with Crippen molar-refractivity contribution in [2.75, 3.05) is 23.4 Å². The zero-order valence-corrected chi connectivity index (χ0v) is 20.1. The van der Waals surface area contributed by atoms with Crippen molar-refractivity contribution in [1.29, 1.82) is 0 Å². The highest BCUT2D eigenvalue weighted by atomic mass is 19.3. The van der Waals surface area contributed by atoms with Gasteiger partial charge in [0.25, 0.3) is 0 Å². The lowest BCUT2D eigenvalue weighted by Crippen LogP contribution is -2.45. The van der Waals surface area contributed by atoms with E-state index in [0.29, 0.717) is 42.3 Å². The number of morpholine rings is 1. The Balaban J connectivity index is 1.35. The highest BCUT2D eigenvalue weighted by Crippen LogP contribution is 2.54. The van der Waals surface area contributed by atoms with Crippen molar-refractivity contribution in [2.24, 2.45) is 0 Å². The lowest BCUT2D eigenvalue weighted by molar-refractivity contribution is -0.134. The van der Waals surface area contributed by atoms with Crippen LogP contribution in [0.5, 0.6) is 0 Å². The predicted molar refractivity (Wildman–Crippen MR) is 129 cm³/mol. The number of aromatic nitrogens is 3. The Labute approximate surface area is 206 Å². The second-order valence-electron chi connectivity index (χ2n) is 10.2. The zero-order chi connectivity index (χ0) is 25.2. The number of alkyl halides is 2. The molecule has 2 N–H and O–H groups in total. The number of anilines is 2. The van der Waals surface area contributed by atoms with Crippen LogP contribution in [0, 0.1) is 12.7 Å². The second kappa shape index (κ2) is 8.27. The Morgan fingerprint density at radius 1 is 1.19 bits per heavy atom. The van der Waals surface area contributed by atoms with E-state index in [4.69, 9.17) is 4.74 Å². The number of benzene rings is 1. The third kappa shape index (κ3) is 3.61. The quantitative estimate of drug-likeness (QED) is 0.512. The van der Waals surface area contributed by atoms with E-state index in [1.165, 1.54) is 12.1 Å². The summed E-state index contributed by atoms with van der Waals surface area (Å²) in [7, 11) is 0. The van der Waals surface area contributed by atoms with Crippen LogP contribution in [-0.2, 0) is 10.7 Å². The van der Waals surface area contributed by atoms with Crippen molar-refractivity contribution in [3.05, 3.63) is 53.1 Å². The maximum atomic E-state index is 15.4. The van der Waals surface area contributed by atoms with Crippen LogP contribution in [0.3, 0.4) is 0 Å². The van der Waals surface area contributed by atoms with Crippen LogP contribution < -0.4 is 10.2 Å². The molecule has 3 aliphatic rings. The number of nitrogens with zero attached hydrogens (tertiary/aromatic N) is 4. The number of rotatable bonds is 6. The standard InChI is InChI=1S/C26H28F3N5O2/c1-14(19-4-3-5-21(22(19)27)26(28,29)25(35)8-9-25)31-24-20-10-18(11-30-23(20)15(2)32-33-24)34-16-6-7-17(34)13-36-12-16/h3-5,10-11,14,16-17,35H,6-9,12-13H2,1-2H3,(H,31,33)/t14-,16?,17?/m1/s1. The highest BCUT2D eigenvalue weighted by molar-refractivity contribution is 5.92. The average molecular weight is 500 g/mol. The number of aryl methyl sites for hydroxylation is 1. The van der Waals surface area contributed by atoms with Gasteiger partial charge in [0.15, 0.2) is 5.82 Å². The predicted octanol–water partition coefficient (Wildman–Crippen LogP) is 4.63. The van der Waals surface area contributed by atoms with Crippen molar-refractivity contribution < 1.29 is 23.0 Å². The number of halogens is 3. The minimum absolute atomic E-state index is 0.0530. The molecule has 3 fully saturated rings. The van der Waals surface area contributed by atoms with Gasteiger partial charge in [0.1, 0.15) is 11.4 Å². The first-order valence-corrected chi connectivity index (χ1v) is 12.3. The largest absolute Gasteiger partial charge is 0.383 e. The van der Waals surface area contributed by atoms with Crippen LogP contribution in [0.2, 0.25) is 0 Å². The molecular formula is C26H28F3N5O2. The third-order valence-electron chi connectivity index (χ3n) is 7.80. The molecule has 7 nitrogen and oxygen atoms in total. The molecule has 2 unspecified atom stereocenters. The van der Waals surface area contributed by atoms with Gasteiger partial charge in [0.2, 0.25) is 0 Å². The molecule has 3 atom stereocenters. The Morgan fingerprint density at radius 2 is 1.92 bits per heavy atom. The van der Waals surface area contributed by atoms with E-state index in [1.54, 1.807) is 6.92 Å². The number of fused-ring (bicyclic) bond motifs is 3. The van der Waals surface area contributed by atoms with Crippen molar-refractivity contribution in [3.8, 4) is 0 Å². The molecule has 1 aromatic carbocycles. The molecule has 2 bridgehead atoms. The van der Waals surface area contributed by atoms with E-state index in [9.17, 15) is 13.9 Å². The van der Waals surface area contributed by atoms with Crippen LogP contribution in [0.15, 0.2) is 30.5 Å². The van der Waals surface area contributed by atoms with Gasteiger partial charge in [0, 0.05) is 10.9 Å². The summed E-state index contributed by atoms with van der Waals surface area (Å²) < 4.78 is 50.8. The number of hydrogen-bond donors (Lipinski definition) is 2. The summed E-state index contributed by atoms with van der Waals surface area (Å²) in [5.74, 6) is -4.30. The molecule has 0 spiro atoms. The number of nitrogens with one attached hydrogen (secondary N) is 1. The molecule has 6 rings (SSSR count). The van der Waals surface area contributed by atoms with Crippen LogP contribution >= 0.6 is 0 Å². The molecule has 0 radical (unpaired) electrons. The van der Waals surface area contributed by atoms with Crippen molar-refractivity contribution in [2.45, 2.75) is 69.2 Å². The third-order valence-corrected chi connectivity index (χ3v) is 7.80. The van der Waals surface area contributed by atoms with E-state index >= 15 is 4.39 Å². The van der Waals surface area contributed by atoms with Crippen LogP contribution in [0.4, 0.5) is 24.7 Å². The first kappa shape index (κ1) is 23.4. The van der Waals surface area contributed by atoms with Gasteiger partial charge in [-0.3, -0.25) is 4.98 Å². The number of hydrogen-bond acceptors (Lipinski definition) is 7. The summed E-state index contributed by atoms with van der Waals surface area (Å²) in [5.41, 5.74) is -0.622. The lowest BCUT2D eigenvalue weighted by atomic mass is 9.96. The van der Waals surface area contributed by atoms with Gasteiger partial charge in [-0.05, 0) is 51.7 Å². The summed E-state index contributed by atoms with van der Waals surface area (Å²) in [6.07, 6.45) is 3.86. The van der Waals surface area contributed by atoms with E-state index in [-0.39, 0.29) is 18.4 Å². The van der Waals surface area contributed by atoms with Gasteiger partial charge in [-0.1, -0.05) is 12.1 Å². The van der Waals surface area contributed by atoms with Gasteiger partial charge >= 0.3 is 5.92 Å². The molecule has 2 aromatic heterocycles. The summed E-state index contributed by atoms with van der Waals surface area (Å²) >= 11 is 0. The minimum Gasteiger partial charge on any atom is -0.383 e. The summed E-state index contributed by atoms with van der Waals surface area (Å²) in [5, 5.41) is 22.5. The zero-order valence-electron chi connectivity index (χ0n) is 20.1. The van der Waals surface area contributed by atoms with Crippen LogP contribution in [-0.4, -0.2) is 51.2 Å². The first-order chi connectivity index (χ1) is 17.2. The fourth-order valence-corrected chi connectivity index (χ4v) is 5.54. The fraction of sp³-hybridized carbons (Fsp3) is 0.500. The summed E-state index contributed by atoms with van der Waals surface area (Å²) in [6.45, 7) is 4.86. The molecular weight excluding hydrogens is 471 g/mol. The minimum atomic E-state index is -3.67. The van der Waals surface area contributed by atoms with Gasteiger partial charge in [-0.15, -0.1) is 5.10 Å². The molecule has 190 valence electrons. The number of aliphatic hydroxyl groups is 1. The number of ether oxygens (including phenoxy) is 1. The van der Waals surface area contributed by atoms with Gasteiger partial charge in [-0.2, -0.15) is 13.9 Å². The van der Waals surface area contributed by atoms with Crippen LogP contribution in [0.1, 0.15) is 55.5 Å². The van der Waals surface area contributed by atoms with Gasteiger partial charge in [0.05, 0.1) is 60.0 Å². The molecule has 1 aliphatic carbocycles. The highest BCUT2D eigenvalue weighted by Gasteiger charge is 2.63. The van der Waals surface area contributed by atoms with Crippen LogP contribution in [0.25, 0.3) is 10.9 Å². The monoisotopic (exact) mass is 499 g/mol. The molecule has 0 amide bonds. The Hall–Kier alpha value is -2.98. The fourth-order valence-electron chi connectivity index (χ4n) is 5.54. The van der Waals surface area contributed by atoms with E-state index < -0.39 is 28.9 Å². The summed E-state index contributed by atoms with van der Waals surface area (Å²) in [6, 6.07) is 5.80. The van der Waals surface area contributed by atoms with Crippen molar-refractivity contribution in [3.63, 3.8) is 0 Å². The Kier molecular flexibility index (Phi) is 5.38. The van der Waals surface area contributed by atoms with E-state index in [2.05, 4.69) is 25.4 Å². The maximum absolute atomic E-state index is 15.4. The Bertz CT molecular complexity index is 1320. The first-order valence-electron chi connectivity index (χ1n) is 12.3. The lowest BCUT2D eigenvalue weighted by Gasteiger charge is -2.36. The molecule has 2 saturated heterocycles. The molecule has 36 heavy (non-hydrogen) atoms. The summed E-state index contributed by atoms with van der Waals surface area (Å²) in [4.78, 5) is 7.02. The SMILES string of the molecule is Cc1nnc(N[C@H](C)c2cccc(C(F)(F)C3(O)CC3)c2F)c2cc(N3C4CCC3COC4)cnc12. The molecule has 2 aliphatic heterocycles. The molecule has 10 heteroatoms. The second-order valence-corrected chi connectivity index (χ2v) is 10.2. The van der Waals surface area contributed by atoms with Crippen molar-refractivity contribution in [1.82, 2.24) is 15.2 Å². The molecule has 3 aromatic rings.